The zero-order valence-electron chi connectivity index (χ0n) is 9.70. The molecule has 2 heterocycles. The molecule has 0 aliphatic heterocycles. The van der Waals surface area contributed by atoms with Crippen LogP contribution in [-0.4, -0.2) is 30.6 Å². The van der Waals surface area contributed by atoms with Crippen LogP contribution in [0, 0.1) is 10.1 Å². The number of nitro groups is 1. The van der Waals surface area contributed by atoms with Gasteiger partial charge in [-0.25, -0.2) is 31.9 Å². The fourth-order valence-electron chi connectivity index (χ4n) is 1.63. The summed E-state index contributed by atoms with van der Waals surface area (Å²) in [6, 6.07) is 0.310. The van der Waals surface area contributed by atoms with Gasteiger partial charge in [0.25, 0.3) is 12.9 Å². The maximum atomic E-state index is 12.8. The summed E-state index contributed by atoms with van der Waals surface area (Å²) in [5.41, 5.74) is -5.64. The van der Waals surface area contributed by atoms with Gasteiger partial charge in [-0.1, -0.05) is 0 Å². The van der Waals surface area contributed by atoms with Gasteiger partial charge in [-0.3, -0.25) is 10.1 Å². The topological polar surface area (TPSA) is 111 Å². The number of hydrogen-bond donors (Lipinski definition) is 1. The number of nitrogens with zero attached hydrogens (tertiary/aromatic N) is 4. The van der Waals surface area contributed by atoms with Gasteiger partial charge in [0.1, 0.15) is 11.4 Å². The Labute approximate surface area is 111 Å². The molecule has 0 saturated heterocycles. The molecule has 0 atom stereocenters. The van der Waals surface area contributed by atoms with E-state index in [-0.39, 0.29) is 4.52 Å². The molecule has 2 rings (SSSR count). The first-order chi connectivity index (χ1) is 9.73. The van der Waals surface area contributed by atoms with Crippen LogP contribution in [0.25, 0.3) is 5.65 Å². The van der Waals surface area contributed by atoms with Crippen molar-refractivity contribution in [3.8, 4) is 0 Å². The van der Waals surface area contributed by atoms with Crippen molar-refractivity contribution in [2.75, 3.05) is 0 Å². The van der Waals surface area contributed by atoms with Crippen LogP contribution in [-0.2, 0) is 0 Å². The molecule has 12 heteroatoms. The summed E-state index contributed by atoms with van der Waals surface area (Å²) in [6.07, 6.45) is -6.58. The highest BCUT2D eigenvalue weighted by Crippen LogP contribution is 2.30. The van der Waals surface area contributed by atoms with E-state index >= 15 is 0 Å². The minimum absolute atomic E-state index is 0.179. The van der Waals surface area contributed by atoms with Crippen molar-refractivity contribution in [1.82, 2.24) is 14.6 Å². The molecule has 0 amide bonds. The number of aromatic carboxylic acids is 1. The molecular formula is C9H4F4N4O4. The molecule has 1 N–H and O–H groups in total. The predicted octanol–water partition coefficient (Wildman–Crippen LogP) is 2.21. The number of rotatable bonds is 4. The van der Waals surface area contributed by atoms with E-state index in [0.29, 0.717) is 6.07 Å². The van der Waals surface area contributed by atoms with Gasteiger partial charge >= 0.3 is 11.7 Å². The van der Waals surface area contributed by atoms with Crippen LogP contribution in [0.1, 0.15) is 34.7 Å². The summed E-state index contributed by atoms with van der Waals surface area (Å²) in [5, 5.41) is 22.8. The Morgan fingerprint density at radius 1 is 1.33 bits per heavy atom. The Bertz CT molecular complexity index is 745. The van der Waals surface area contributed by atoms with Crippen molar-refractivity contribution in [1.29, 1.82) is 0 Å². The highest BCUT2D eigenvalue weighted by molar-refractivity contribution is 5.93. The molecule has 21 heavy (non-hydrogen) atoms. The van der Waals surface area contributed by atoms with E-state index in [1.165, 1.54) is 0 Å². The molecule has 0 fully saturated rings. The summed E-state index contributed by atoms with van der Waals surface area (Å²) in [5.74, 6) is -1.87. The number of halogens is 4. The number of aromatic nitrogens is 3. The second kappa shape index (κ2) is 4.96. The monoisotopic (exact) mass is 308 g/mol. The van der Waals surface area contributed by atoms with E-state index in [4.69, 9.17) is 5.11 Å². The lowest BCUT2D eigenvalue weighted by molar-refractivity contribution is -0.383. The molecule has 112 valence electrons. The lowest BCUT2D eigenvalue weighted by Gasteiger charge is -2.05. The number of alkyl halides is 4. The smallest absolute Gasteiger partial charge is 0.363 e. The number of hydrogen-bond acceptors (Lipinski definition) is 5. The Morgan fingerprint density at radius 3 is 2.38 bits per heavy atom. The predicted molar refractivity (Wildman–Crippen MR) is 56.5 cm³/mol. The summed E-state index contributed by atoms with van der Waals surface area (Å²) >= 11 is 0. The minimum Gasteiger partial charge on any atom is -0.476 e. The second-order valence-electron chi connectivity index (χ2n) is 3.70. The minimum atomic E-state index is -3.31. The number of carbonyl (C=O) groups is 1. The van der Waals surface area contributed by atoms with Gasteiger partial charge in [0.05, 0.1) is 4.92 Å². The molecule has 0 aliphatic rings. The fourth-order valence-corrected chi connectivity index (χ4v) is 1.63. The SMILES string of the molecule is O=C(O)c1nn2c(C(F)F)cc(C(F)F)nc2c1[N+](=O)[O-]. The van der Waals surface area contributed by atoms with Gasteiger partial charge in [-0.05, 0) is 6.07 Å². The van der Waals surface area contributed by atoms with Crippen molar-refractivity contribution in [2.24, 2.45) is 0 Å². The Balaban J connectivity index is 2.94. The zero-order chi connectivity index (χ0) is 15.9. The average Bonchev–Trinajstić information content (AvgIpc) is 2.76. The van der Waals surface area contributed by atoms with Crippen LogP contribution in [0.5, 0.6) is 0 Å². The van der Waals surface area contributed by atoms with Crippen LogP contribution in [0.3, 0.4) is 0 Å². The first kappa shape index (κ1) is 14.6. The first-order valence-electron chi connectivity index (χ1n) is 5.11. The molecule has 0 unspecified atom stereocenters. The number of carboxylic acid groups (broad SMARTS) is 1. The van der Waals surface area contributed by atoms with Crippen molar-refractivity contribution < 1.29 is 32.4 Å². The Morgan fingerprint density at radius 2 is 1.95 bits per heavy atom. The van der Waals surface area contributed by atoms with E-state index in [0.717, 1.165) is 0 Å². The number of fused-ring (bicyclic) bond motifs is 1. The van der Waals surface area contributed by atoms with Gasteiger partial charge < -0.3 is 5.11 Å². The zero-order valence-corrected chi connectivity index (χ0v) is 9.70. The Hall–Kier alpha value is -2.79. The molecule has 0 radical (unpaired) electrons. The summed E-state index contributed by atoms with van der Waals surface area (Å²) < 4.78 is 51.1. The van der Waals surface area contributed by atoms with E-state index in [2.05, 4.69) is 10.1 Å². The first-order valence-corrected chi connectivity index (χ1v) is 5.11. The molecule has 0 aromatic carbocycles. The van der Waals surface area contributed by atoms with Gasteiger partial charge in [0.15, 0.2) is 0 Å². The largest absolute Gasteiger partial charge is 0.476 e. The molecule has 0 saturated carbocycles. The molecule has 8 nitrogen and oxygen atoms in total. The van der Waals surface area contributed by atoms with Crippen LogP contribution < -0.4 is 0 Å². The quantitative estimate of drug-likeness (QED) is 0.526. The Kier molecular flexibility index (Phi) is 3.45. The van der Waals surface area contributed by atoms with E-state index in [1.807, 2.05) is 0 Å². The van der Waals surface area contributed by atoms with Gasteiger partial charge in [-0.15, -0.1) is 0 Å². The van der Waals surface area contributed by atoms with Crippen molar-refractivity contribution in [2.45, 2.75) is 12.9 Å². The maximum Gasteiger partial charge on any atom is 0.363 e. The van der Waals surface area contributed by atoms with E-state index in [1.54, 1.807) is 0 Å². The van der Waals surface area contributed by atoms with Crippen LogP contribution in [0.4, 0.5) is 23.2 Å². The summed E-state index contributed by atoms with van der Waals surface area (Å²) in [4.78, 5) is 23.6. The third-order valence-electron chi connectivity index (χ3n) is 2.44. The van der Waals surface area contributed by atoms with Crippen LogP contribution in [0.2, 0.25) is 0 Å². The van der Waals surface area contributed by atoms with Crippen LogP contribution in [0.15, 0.2) is 6.07 Å². The summed E-state index contributed by atoms with van der Waals surface area (Å²) in [6.45, 7) is 0. The van der Waals surface area contributed by atoms with E-state index < -0.39 is 52.2 Å². The molecular weight excluding hydrogens is 304 g/mol. The van der Waals surface area contributed by atoms with Gasteiger partial charge in [0.2, 0.25) is 11.3 Å². The highest BCUT2D eigenvalue weighted by atomic mass is 19.3. The average molecular weight is 308 g/mol. The van der Waals surface area contributed by atoms with Gasteiger partial charge in [-0.2, -0.15) is 5.10 Å². The highest BCUT2D eigenvalue weighted by Gasteiger charge is 2.33. The third-order valence-corrected chi connectivity index (χ3v) is 2.44. The molecule has 2 aromatic rings. The summed E-state index contributed by atoms with van der Waals surface area (Å²) in [7, 11) is 0. The number of carboxylic acids is 1. The van der Waals surface area contributed by atoms with Crippen molar-refractivity contribution in [3.05, 3.63) is 33.3 Å². The maximum absolute atomic E-state index is 12.8. The molecule has 0 aliphatic carbocycles. The van der Waals surface area contributed by atoms with E-state index in [9.17, 15) is 32.5 Å². The van der Waals surface area contributed by atoms with Crippen molar-refractivity contribution in [3.63, 3.8) is 0 Å². The molecule has 2 aromatic heterocycles. The van der Waals surface area contributed by atoms with Crippen LogP contribution >= 0.6 is 0 Å². The third kappa shape index (κ3) is 2.34. The molecule has 0 spiro atoms. The fraction of sp³-hybridized carbons (Fsp3) is 0.222. The lowest BCUT2D eigenvalue weighted by atomic mass is 10.3. The standard InChI is InChI=1S/C9H4F4N4O4/c10-6(11)2-1-3(7(12)13)16-8(14-2)5(17(20)21)4(15-16)9(18)19/h1,6-7H,(H,18,19). The van der Waals surface area contributed by atoms with Gasteiger partial charge in [0, 0.05) is 0 Å². The lowest BCUT2D eigenvalue weighted by Crippen LogP contribution is -2.05. The normalized spacial score (nSPS) is 11.5. The second-order valence-corrected chi connectivity index (χ2v) is 3.70. The van der Waals surface area contributed by atoms with Crippen molar-refractivity contribution >= 4 is 17.3 Å². The molecule has 0 bridgehead atoms.